The lowest BCUT2D eigenvalue weighted by Crippen LogP contribution is -2.39. The van der Waals surface area contributed by atoms with E-state index >= 15 is 0 Å². The fourth-order valence-electron chi connectivity index (χ4n) is 3.87. The van der Waals surface area contributed by atoms with Gasteiger partial charge in [0.05, 0.1) is 7.11 Å². The van der Waals surface area contributed by atoms with Crippen molar-refractivity contribution in [3.8, 4) is 5.75 Å². The standard InChI is InChI=1S/C23H24N4O3/c1-5-26-21-20(22(28)27(6-2)23(26)29)25(3)19(24-21)14-12-15-11-13-18(30-4)17-10-8-7-9-16(15)17/h7-14H,5-6H2,1-4H3/b14-12+. The number of hydrogen-bond acceptors (Lipinski definition) is 4. The van der Waals surface area contributed by atoms with Crippen molar-refractivity contribution in [1.82, 2.24) is 18.7 Å². The third-order valence-corrected chi connectivity index (χ3v) is 5.46. The maximum absolute atomic E-state index is 12.9. The van der Waals surface area contributed by atoms with Crippen LogP contribution in [0.15, 0.2) is 46.0 Å². The first kappa shape index (κ1) is 19.7. The number of aromatic nitrogens is 4. The summed E-state index contributed by atoms with van der Waals surface area (Å²) < 4.78 is 10.0. The molecule has 0 fully saturated rings. The minimum absolute atomic E-state index is 0.313. The normalized spacial score (nSPS) is 11.7. The second-order valence-electron chi connectivity index (χ2n) is 7.01. The highest BCUT2D eigenvalue weighted by atomic mass is 16.5. The molecule has 154 valence electrons. The van der Waals surface area contributed by atoms with Crippen LogP contribution in [0.1, 0.15) is 25.2 Å². The fraction of sp³-hybridized carbons (Fsp3) is 0.261. The van der Waals surface area contributed by atoms with E-state index in [9.17, 15) is 9.59 Å². The summed E-state index contributed by atoms with van der Waals surface area (Å²) in [5.74, 6) is 1.43. The van der Waals surface area contributed by atoms with Gasteiger partial charge in [-0.05, 0) is 36.9 Å². The van der Waals surface area contributed by atoms with Crippen LogP contribution in [0.3, 0.4) is 0 Å². The van der Waals surface area contributed by atoms with Crippen molar-refractivity contribution in [3.05, 3.63) is 68.6 Å². The highest BCUT2D eigenvalue weighted by Crippen LogP contribution is 2.29. The van der Waals surface area contributed by atoms with E-state index in [1.807, 2.05) is 55.5 Å². The van der Waals surface area contributed by atoms with Gasteiger partial charge in [0.2, 0.25) is 0 Å². The molecule has 2 heterocycles. The summed E-state index contributed by atoms with van der Waals surface area (Å²) in [4.78, 5) is 30.1. The first-order valence-electron chi connectivity index (χ1n) is 9.95. The molecule has 0 saturated heterocycles. The topological polar surface area (TPSA) is 71.1 Å². The van der Waals surface area contributed by atoms with Crippen molar-refractivity contribution in [3.63, 3.8) is 0 Å². The van der Waals surface area contributed by atoms with Crippen LogP contribution in [0.5, 0.6) is 5.75 Å². The van der Waals surface area contributed by atoms with E-state index in [4.69, 9.17) is 4.74 Å². The predicted molar refractivity (Wildman–Crippen MR) is 120 cm³/mol. The van der Waals surface area contributed by atoms with E-state index in [-0.39, 0.29) is 11.2 Å². The second kappa shape index (κ2) is 7.67. The predicted octanol–water partition coefficient (Wildman–Crippen LogP) is 3.27. The second-order valence-corrected chi connectivity index (χ2v) is 7.01. The first-order chi connectivity index (χ1) is 14.5. The third kappa shape index (κ3) is 2.94. The van der Waals surface area contributed by atoms with Crippen molar-refractivity contribution >= 4 is 34.1 Å². The molecule has 0 spiro atoms. The van der Waals surface area contributed by atoms with E-state index in [0.717, 1.165) is 22.1 Å². The summed E-state index contributed by atoms with van der Waals surface area (Å²) in [5, 5.41) is 2.09. The Labute approximate surface area is 173 Å². The Balaban J connectivity index is 1.90. The maximum Gasteiger partial charge on any atom is 0.332 e. The van der Waals surface area contributed by atoms with Crippen LogP contribution in [-0.4, -0.2) is 25.8 Å². The minimum Gasteiger partial charge on any atom is -0.496 e. The van der Waals surface area contributed by atoms with Gasteiger partial charge in [-0.25, -0.2) is 9.78 Å². The molecule has 2 aromatic carbocycles. The molecule has 0 bridgehead atoms. The summed E-state index contributed by atoms with van der Waals surface area (Å²) >= 11 is 0. The molecule has 0 saturated carbocycles. The van der Waals surface area contributed by atoms with Gasteiger partial charge in [0, 0.05) is 25.5 Å². The summed E-state index contributed by atoms with van der Waals surface area (Å²) in [6.07, 6.45) is 3.84. The molecule has 0 aliphatic heterocycles. The van der Waals surface area contributed by atoms with Crippen LogP contribution in [0.4, 0.5) is 0 Å². The van der Waals surface area contributed by atoms with Crippen LogP contribution in [0.25, 0.3) is 34.1 Å². The molecule has 0 aliphatic rings. The van der Waals surface area contributed by atoms with Gasteiger partial charge in [-0.2, -0.15) is 0 Å². The Morgan fingerprint density at radius 3 is 2.33 bits per heavy atom. The third-order valence-electron chi connectivity index (χ3n) is 5.46. The molecule has 7 nitrogen and oxygen atoms in total. The van der Waals surface area contributed by atoms with Crippen molar-refractivity contribution in [2.45, 2.75) is 26.9 Å². The average molecular weight is 404 g/mol. The lowest BCUT2D eigenvalue weighted by molar-refractivity contribution is 0.420. The van der Waals surface area contributed by atoms with Crippen molar-refractivity contribution < 1.29 is 4.74 Å². The van der Waals surface area contributed by atoms with Gasteiger partial charge in [0.15, 0.2) is 11.2 Å². The fourth-order valence-corrected chi connectivity index (χ4v) is 3.87. The number of ether oxygens (including phenoxy) is 1. The summed E-state index contributed by atoms with van der Waals surface area (Å²) in [5.41, 5.74) is 1.22. The molecule has 0 unspecified atom stereocenters. The van der Waals surface area contributed by atoms with Gasteiger partial charge >= 0.3 is 5.69 Å². The lowest BCUT2D eigenvalue weighted by atomic mass is 10.0. The van der Waals surface area contributed by atoms with Crippen LogP contribution >= 0.6 is 0 Å². The molecule has 4 rings (SSSR count). The largest absolute Gasteiger partial charge is 0.496 e. The van der Waals surface area contributed by atoms with E-state index in [1.165, 1.54) is 4.57 Å². The van der Waals surface area contributed by atoms with Crippen LogP contribution < -0.4 is 16.0 Å². The number of aryl methyl sites for hydroxylation is 2. The van der Waals surface area contributed by atoms with E-state index in [1.54, 1.807) is 30.2 Å². The molecule has 0 atom stereocenters. The number of hydrogen-bond donors (Lipinski definition) is 0. The highest BCUT2D eigenvalue weighted by Gasteiger charge is 2.17. The molecule has 0 aliphatic carbocycles. The summed E-state index contributed by atoms with van der Waals surface area (Å²) in [6.45, 7) is 4.43. The zero-order valence-corrected chi connectivity index (χ0v) is 17.5. The van der Waals surface area contributed by atoms with Gasteiger partial charge in [-0.15, -0.1) is 0 Å². The Kier molecular flexibility index (Phi) is 5.03. The number of nitrogens with zero attached hydrogens (tertiary/aromatic N) is 4. The molecular weight excluding hydrogens is 380 g/mol. The smallest absolute Gasteiger partial charge is 0.332 e. The van der Waals surface area contributed by atoms with Gasteiger partial charge in [-0.1, -0.05) is 36.4 Å². The van der Waals surface area contributed by atoms with Crippen LogP contribution in [0, 0.1) is 0 Å². The monoisotopic (exact) mass is 404 g/mol. The molecule has 7 heteroatoms. The molecule has 2 aromatic heterocycles. The maximum atomic E-state index is 12.9. The van der Waals surface area contributed by atoms with Gasteiger partial charge in [0.25, 0.3) is 5.56 Å². The van der Waals surface area contributed by atoms with Gasteiger partial charge in [0.1, 0.15) is 11.6 Å². The molecule has 30 heavy (non-hydrogen) atoms. The number of imidazole rings is 1. The minimum atomic E-state index is -0.327. The first-order valence-corrected chi connectivity index (χ1v) is 9.95. The Morgan fingerprint density at radius 1 is 0.967 bits per heavy atom. The number of methoxy groups -OCH3 is 1. The molecule has 0 amide bonds. The Hall–Kier alpha value is -3.61. The van der Waals surface area contributed by atoms with E-state index in [2.05, 4.69) is 4.98 Å². The lowest BCUT2D eigenvalue weighted by Gasteiger charge is -2.08. The SMILES string of the molecule is CCn1c(=O)c2c(nc(/C=C/c3ccc(OC)c4ccccc34)n2C)n(CC)c1=O. The Morgan fingerprint density at radius 2 is 1.67 bits per heavy atom. The van der Waals surface area contributed by atoms with Crippen LogP contribution in [-0.2, 0) is 20.1 Å². The number of fused-ring (bicyclic) bond motifs is 2. The van der Waals surface area contributed by atoms with E-state index < -0.39 is 0 Å². The number of benzene rings is 2. The molecule has 4 aromatic rings. The van der Waals surface area contributed by atoms with Crippen molar-refractivity contribution in [2.24, 2.45) is 7.05 Å². The van der Waals surface area contributed by atoms with Crippen LogP contribution in [0.2, 0.25) is 0 Å². The number of rotatable bonds is 5. The summed E-state index contributed by atoms with van der Waals surface area (Å²) in [6, 6.07) is 12.0. The summed E-state index contributed by atoms with van der Waals surface area (Å²) in [7, 11) is 3.46. The Bertz CT molecular complexity index is 1410. The average Bonchev–Trinajstić information content (AvgIpc) is 3.08. The molecule has 0 radical (unpaired) electrons. The molecular formula is C23H24N4O3. The zero-order chi connectivity index (χ0) is 21.4. The van der Waals surface area contributed by atoms with Crippen molar-refractivity contribution in [2.75, 3.05) is 7.11 Å². The van der Waals surface area contributed by atoms with Gasteiger partial charge < -0.3 is 9.30 Å². The van der Waals surface area contributed by atoms with E-state index in [0.29, 0.717) is 30.1 Å². The van der Waals surface area contributed by atoms with Gasteiger partial charge in [-0.3, -0.25) is 13.9 Å². The molecule has 0 N–H and O–H groups in total. The quantitative estimate of drug-likeness (QED) is 0.512. The highest BCUT2D eigenvalue weighted by molar-refractivity contribution is 5.96. The van der Waals surface area contributed by atoms with Crippen molar-refractivity contribution in [1.29, 1.82) is 0 Å². The zero-order valence-electron chi connectivity index (χ0n) is 17.5.